The Morgan fingerprint density at radius 1 is 1.00 bits per heavy atom. The highest BCUT2D eigenvalue weighted by molar-refractivity contribution is 9.10. The van der Waals surface area contributed by atoms with Gasteiger partial charge in [0.2, 0.25) is 5.91 Å². The molecule has 3 rings (SSSR count). The normalized spacial score (nSPS) is 18.6. The van der Waals surface area contributed by atoms with Crippen molar-refractivity contribution in [1.82, 2.24) is 9.47 Å². The average molecular weight is 551 g/mol. The van der Waals surface area contributed by atoms with Crippen LogP contribution in [0.1, 0.15) is 53.5 Å². The van der Waals surface area contributed by atoms with Crippen molar-refractivity contribution >= 4 is 50.9 Å². The molecule has 9 nitrogen and oxygen atoms in total. The minimum atomic E-state index is -1.09. The SMILES string of the molecule is COC(=O)[C@@H]1C[C@H](Cc2c(Br)n(C(=O)OC(C)(C)C)c3ccccc23)C(=O)N1C(=O)OC(C)(C)C. The van der Waals surface area contributed by atoms with Gasteiger partial charge in [0.15, 0.2) is 0 Å². The van der Waals surface area contributed by atoms with E-state index < -0.39 is 47.2 Å². The fourth-order valence-electron chi connectivity index (χ4n) is 4.06. The Morgan fingerprint density at radius 3 is 2.14 bits per heavy atom. The van der Waals surface area contributed by atoms with Gasteiger partial charge in [-0.25, -0.2) is 23.9 Å². The second-order valence-corrected chi connectivity index (χ2v) is 11.2. The van der Waals surface area contributed by atoms with E-state index >= 15 is 0 Å². The highest BCUT2D eigenvalue weighted by Crippen LogP contribution is 2.37. The number of nitrogens with zero attached hydrogens (tertiary/aromatic N) is 2. The molecule has 10 heteroatoms. The number of amides is 2. The zero-order valence-electron chi connectivity index (χ0n) is 21.0. The van der Waals surface area contributed by atoms with Crippen molar-refractivity contribution in [3.05, 3.63) is 34.4 Å². The number of esters is 1. The fraction of sp³-hybridized carbons (Fsp3) is 0.520. The van der Waals surface area contributed by atoms with Crippen LogP contribution in [0.5, 0.6) is 0 Å². The average Bonchev–Trinajstić information content (AvgIpc) is 3.19. The molecule has 0 spiro atoms. The molecule has 1 aromatic heterocycles. The van der Waals surface area contributed by atoms with Crippen molar-refractivity contribution in [1.29, 1.82) is 0 Å². The summed E-state index contributed by atoms with van der Waals surface area (Å²) in [7, 11) is 1.21. The maximum Gasteiger partial charge on any atom is 0.419 e. The lowest BCUT2D eigenvalue weighted by atomic mass is 9.96. The van der Waals surface area contributed by atoms with Gasteiger partial charge in [-0.15, -0.1) is 0 Å². The van der Waals surface area contributed by atoms with Gasteiger partial charge in [0.25, 0.3) is 0 Å². The largest absolute Gasteiger partial charge is 0.467 e. The number of aromatic nitrogens is 1. The van der Waals surface area contributed by atoms with E-state index in [4.69, 9.17) is 14.2 Å². The number of carbonyl (C=O) groups is 4. The van der Waals surface area contributed by atoms with Crippen molar-refractivity contribution in [2.24, 2.45) is 5.92 Å². The number of methoxy groups -OCH3 is 1. The molecule has 0 N–H and O–H groups in total. The molecule has 1 fully saturated rings. The van der Waals surface area contributed by atoms with Crippen LogP contribution in [0.2, 0.25) is 0 Å². The molecule has 1 saturated heterocycles. The number of carbonyl (C=O) groups excluding carboxylic acids is 4. The van der Waals surface area contributed by atoms with E-state index in [1.165, 1.54) is 11.7 Å². The minimum Gasteiger partial charge on any atom is -0.467 e. The van der Waals surface area contributed by atoms with Crippen LogP contribution in [0, 0.1) is 5.92 Å². The third-order valence-corrected chi connectivity index (χ3v) is 6.24. The molecule has 2 atom stereocenters. The van der Waals surface area contributed by atoms with Crippen LogP contribution in [-0.4, -0.2) is 57.9 Å². The van der Waals surface area contributed by atoms with Crippen LogP contribution in [0.15, 0.2) is 28.9 Å². The van der Waals surface area contributed by atoms with Crippen molar-refractivity contribution in [2.75, 3.05) is 7.11 Å². The molecule has 1 aliphatic heterocycles. The molecule has 2 heterocycles. The fourth-order valence-corrected chi connectivity index (χ4v) is 4.78. The van der Waals surface area contributed by atoms with E-state index in [1.54, 1.807) is 53.7 Å². The third kappa shape index (κ3) is 5.69. The standard InChI is InChI=1S/C25H31BrN2O7/c1-24(2,3)34-22(31)27-17-11-9-8-10-15(17)16(19(27)26)12-14-13-18(21(30)33-7)28(20(14)29)23(32)35-25(4,5)6/h8-11,14,18H,12-13H2,1-7H3/t14-,18-/m0/s1. The van der Waals surface area contributed by atoms with Crippen LogP contribution in [0.25, 0.3) is 10.9 Å². The van der Waals surface area contributed by atoms with Crippen LogP contribution >= 0.6 is 15.9 Å². The van der Waals surface area contributed by atoms with Crippen molar-refractivity contribution in [3.8, 4) is 0 Å². The number of para-hydroxylation sites is 1. The summed E-state index contributed by atoms with van der Waals surface area (Å²) in [6.07, 6.45) is -1.20. The summed E-state index contributed by atoms with van der Waals surface area (Å²) in [5.41, 5.74) is -0.243. The molecule has 0 radical (unpaired) electrons. The molecule has 2 aromatic rings. The molecular weight excluding hydrogens is 520 g/mol. The van der Waals surface area contributed by atoms with Gasteiger partial charge < -0.3 is 14.2 Å². The highest BCUT2D eigenvalue weighted by Gasteiger charge is 2.49. The lowest BCUT2D eigenvalue weighted by Crippen LogP contribution is -2.46. The Kier molecular flexibility index (Phi) is 7.36. The molecule has 1 aliphatic rings. The molecule has 190 valence electrons. The van der Waals surface area contributed by atoms with Gasteiger partial charge in [-0.3, -0.25) is 4.79 Å². The highest BCUT2D eigenvalue weighted by atomic mass is 79.9. The maximum absolute atomic E-state index is 13.3. The van der Waals surface area contributed by atoms with Gasteiger partial charge in [-0.2, -0.15) is 0 Å². The van der Waals surface area contributed by atoms with E-state index in [0.717, 1.165) is 10.3 Å². The number of imide groups is 1. The number of halogens is 1. The molecule has 2 amide bonds. The Hall–Kier alpha value is -2.88. The lowest BCUT2D eigenvalue weighted by molar-refractivity contribution is -0.148. The first-order valence-corrected chi connectivity index (χ1v) is 12.1. The number of benzene rings is 1. The summed E-state index contributed by atoms with van der Waals surface area (Å²) in [5, 5.41) is 0.753. The van der Waals surface area contributed by atoms with Gasteiger partial charge in [0.1, 0.15) is 17.2 Å². The number of hydrogen-bond acceptors (Lipinski definition) is 7. The van der Waals surface area contributed by atoms with Gasteiger partial charge in [0, 0.05) is 11.3 Å². The summed E-state index contributed by atoms with van der Waals surface area (Å²) < 4.78 is 17.7. The lowest BCUT2D eigenvalue weighted by Gasteiger charge is -2.26. The monoisotopic (exact) mass is 550 g/mol. The topological polar surface area (TPSA) is 104 Å². The quantitative estimate of drug-likeness (QED) is 0.388. The van der Waals surface area contributed by atoms with E-state index in [1.807, 2.05) is 12.1 Å². The number of ether oxygens (including phenoxy) is 3. The van der Waals surface area contributed by atoms with E-state index in [0.29, 0.717) is 15.7 Å². The minimum absolute atomic E-state index is 0.0726. The molecule has 1 aromatic carbocycles. The zero-order valence-corrected chi connectivity index (χ0v) is 22.6. The predicted octanol–water partition coefficient (Wildman–Crippen LogP) is 5.05. The maximum atomic E-state index is 13.3. The smallest absolute Gasteiger partial charge is 0.419 e. The number of rotatable bonds is 3. The van der Waals surface area contributed by atoms with Crippen molar-refractivity contribution < 1.29 is 33.4 Å². The second kappa shape index (κ2) is 9.64. The van der Waals surface area contributed by atoms with Gasteiger partial charge >= 0.3 is 18.2 Å². The van der Waals surface area contributed by atoms with Gasteiger partial charge in [-0.05, 0) is 81.9 Å². The summed E-state index contributed by atoms with van der Waals surface area (Å²) in [6.45, 7) is 10.4. The van der Waals surface area contributed by atoms with Crippen LogP contribution in [-0.2, 0) is 30.2 Å². The molecule has 0 aliphatic carbocycles. The Labute approximate surface area is 212 Å². The number of hydrogen-bond donors (Lipinski definition) is 0. The second-order valence-electron chi connectivity index (χ2n) is 10.5. The summed E-state index contributed by atoms with van der Waals surface area (Å²) in [6, 6.07) is 6.18. The molecular formula is C25H31BrN2O7. The number of likely N-dealkylation sites (tertiary alicyclic amines) is 1. The third-order valence-electron chi connectivity index (χ3n) is 5.41. The predicted molar refractivity (Wildman–Crippen MR) is 132 cm³/mol. The Morgan fingerprint density at radius 2 is 1.57 bits per heavy atom. The van der Waals surface area contributed by atoms with Gasteiger partial charge in [0.05, 0.1) is 17.2 Å². The van der Waals surface area contributed by atoms with E-state index in [-0.39, 0.29) is 12.8 Å². The first kappa shape index (κ1) is 26.7. The zero-order chi connectivity index (χ0) is 26.3. The summed E-state index contributed by atoms with van der Waals surface area (Å²) in [5.74, 6) is -1.93. The van der Waals surface area contributed by atoms with Crippen LogP contribution in [0.3, 0.4) is 0 Å². The molecule has 35 heavy (non-hydrogen) atoms. The summed E-state index contributed by atoms with van der Waals surface area (Å²) >= 11 is 3.53. The molecule has 0 saturated carbocycles. The Balaban J connectivity index is 2.00. The van der Waals surface area contributed by atoms with E-state index in [2.05, 4.69) is 15.9 Å². The first-order valence-electron chi connectivity index (χ1n) is 11.3. The molecule has 0 bridgehead atoms. The van der Waals surface area contributed by atoms with E-state index in [9.17, 15) is 19.2 Å². The number of fused-ring (bicyclic) bond motifs is 1. The summed E-state index contributed by atoms with van der Waals surface area (Å²) in [4.78, 5) is 52.4. The van der Waals surface area contributed by atoms with Gasteiger partial charge in [-0.1, -0.05) is 18.2 Å². The van der Waals surface area contributed by atoms with Crippen LogP contribution < -0.4 is 0 Å². The van der Waals surface area contributed by atoms with Crippen molar-refractivity contribution in [3.63, 3.8) is 0 Å². The first-order chi connectivity index (χ1) is 16.1. The molecule has 0 unspecified atom stereocenters. The Bertz CT molecular complexity index is 1170. The van der Waals surface area contributed by atoms with Crippen LogP contribution in [0.4, 0.5) is 9.59 Å². The van der Waals surface area contributed by atoms with Crippen molar-refractivity contribution in [2.45, 2.75) is 71.6 Å².